The molecule has 0 aliphatic carbocycles. The fourth-order valence-corrected chi connectivity index (χ4v) is 0.752. The van der Waals surface area contributed by atoms with E-state index in [9.17, 15) is 4.79 Å². The lowest BCUT2D eigenvalue weighted by atomic mass is 10.3. The van der Waals surface area contributed by atoms with Gasteiger partial charge in [-0.15, -0.1) is 11.6 Å². The second kappa shape index (κ2) is 8.81. The van der Waals surface area contributed by atoms with Crippen LogP contribution in [-0.2, 0) is 14.3 Å². The smallest absolute Gasteiger partial charge is 0.320 e. The summed E-state index contributed by atoms with van der Waals surface area (Å²) in [6.07, 6.45) is 1.76. The number of hydrogen-bond donors (Lipinski definition) is 0. The Hall–Kier alpha value is -0.280. The van der Waals surface area contributed by atoms with Crippen LogP contribution >= 0.6 is 11.6 Å². The predicted octanol–water partition coefficient (Wildman–Crippen LogP) is 1.59. The summed E-state index contributed by atoms with van der Waals surface area (Å²) in [5, 5.41) is 0. The second-order valence-corrected chi connectivity index (χ2v) is 2.53. The molecule has 0 saturated heterocycles. The minimum atomic E-state index is -0.354. The van der Waals surface area contributed by atoms with E-state index < -0.39 is 0 Å². The number of unbranched alkanes of at least 4 members (excludes halogenated alkanes) is 1. The van der Waals surface area contributed by atoms with E-state index in [1.165, 1.54) is 0 Å². The van der Waals surface area contributed by atoms with Crippen molar-refractivity contribution >= 4 is 17.6 Å². The average Bonchev–Trinajstić information content (AvgIpc) is 2.10. The van der Waals surface area contributed by atoms with E-state index in [1.54, 1.807) is 0 Å². The highest BCUT2D eigenvalue weighted by atomic mass is 35.5. The number of alkyl halides is 1. The summed E-state index contributed by atoms with van der Waals surface area (Å²) >= 11 is 5.22. The molecule has 0 aromatic rings. The SMILES string of the molecule is CCOCCCCOC(=O)CCl. The normalized spacial score (nSPS) is 9.83. The second-order valence-electron chi connectivity index (χ2n) is 2.26. The van der Waals surface area contributed by atoms with Crippen molar-refractivity contribution in [2.45, 2.75) is 19.8 Å². The fourth-order valence-electron chi connectivity index (χ4n) is 0.675. The van der Waals surface area contributed by atoms with Gasteiger partial charge in [-0.25, -0.2) is 0 Å². The monoisotopic (exact) mass is 194 g/mol. The van der Waals surface area contributed by atoms with Gasteiger partial charge in [-0.3, -0.25) is 4.79 Å². The molecule has 0 N–H and O–H groups in total. The van der Waals surface area contributed by atoms with Gasteiger partial charge in [0.1, 0.15) is 5.88 Å². The van der Waals surface area contributed by atoms with E-state index in [0.717, 1.165) is 26.1 Å². The molecule has 0 atom stereocenters. The van der Waals surface area contributed by atoms with Gasteiger partial charge in [0.15, 0.2) is 0 Å². The molecule has 0 aliphatic rings. The van der Waals surface area contributed by atoms with Crippen LogP contribution in [0.2, 0.25) is 0 Å². The number of ether oxygens (including phenoxy) is 2. The third-order valence-electron chi connectivity index (χ3n) is 1.26. The number of carbonyl (C=O) groups excluding carboxylic acids is 1. The topological polar surface area (TPSA) is 35.5 Å². The summed E-state index contributed by atoms with van der Waals surface area (Å²) in [7, 11) is 0. The van der Waals surface area contributed by atoms with Crippen molar-refractivity contribution in [3.63, 3.8) is 0 Å². The summed E-state index contributed by atoms with van der Waals surface area (Å²) in [6, 6.07) is 0. The quantitative estimate of drug-likeness (QED) is 0.351. The van der Waals surface area contributed by atoms with Crippen molar-refractivity contribution in [1.29, 1.82) is 0 Å². The molecule has 3 nitrogen and oxygen atoms in total. The van der Waals surface area contributed by atoms with Gasteiger partial charge in [-0.2, -0.15) is 0 Å². The van der Waals surface area contributed by atoms with Crippen LogP contribution in [0.3, 0.4) is 0 Å². The summed E-state index contributed by atoms with van der Waals surface area (Å²) in [4.78, 5) is 10.5. The van der Waals surface area contributed by atoms with Gasteiger partial charge in [0.2, 0.25) is 0 Å². The van der Waals surface area contributed by atoms with Gasteiger partial charge in [0.05, 0.1) is 6.61 Å². The zero-order chi connectivity index (χ0) is 9.23. The fraction of sp³-hybridized carbons (Fsp3) is 0.875. The van der Waals surface area contributed by atoms with Crippen molar-refractivity contribution < 1.29 is 14.3 Å². The first-order valence-electron chi connectivity index (χ1n) is 4.10. The summed E-state index contributed by atoms with van der Waals surface area (Å²) < 4.78 is 9.85. The molecule has 0 aromatic carbocycles. The highest BCUT2D eigenvalue weighted by Gasteiger charge is 1.97. The molecule has 0 amide bonds. The van der Waals surface area contributed by atoms with E-state index in [4.69, 9.17) is 21.1 Å². The summed E-state index contributed by atoms with van der Waals surface area (Å²) in [5.74, 6) is -0.418. The first-order chi connectivity index (χ1) is 5.81. The van der Waals surface area contributed by atoms with E-state index in [1.807, 2.05) is 6.92 Å². The van der Waals surface area contributed by atoms with E-state index >= 15 is 0 Å². The van der Waals surface area contributed by atoms with Crippen LogP contribution in [0.5, 0.6) is 0 Å². The predicted molar refractivity (Wildman–Crippen MR) is 47.4 cm³/mol. The van der Waals surface area contributed by atoms with Crippen LogP contribution in [0, 0.1) is 0 Å². The largest absolute Gasteiger partial charge is 0.465 e. The molecule has 0 heterocycles. The van der Waals surface area contributed by atoms with Gasteiger partial charge in [-0.1, -0.05) is 0 Å². The van der Waals surface area contributed by atoms with Crippen molar-refractivity contribution in [2.75, 3.05) is 25.7 Å². The van der Waals surface area contributed by atoms with Crippen molar-refractivity contribution in [2.24, 2.45) is 0 Å². The average molecular weight is 195 g/mol. The molecule has 72 valence electrons. The highest BCUT2D eigenvalue weighted by Crippen LogP contribution is 1.92. The van der Waals surface area contributed by atoms with Crippen LogP contribution in [0.1, 0.15) is 19.8 Å². The van der Waals surface area contributed by atoms with Gasteiger partial charge in [0.25, 0.3) is 0 Å². The standard InChI is InChI=1S/C8H15ClO3/c1-2-11-5-3-4-6-12-8(10)7-9/h2-7H2,1H3. The minimum Gasteiger partial charge on any atom is -0.465 e. The highest BCUT2D eigenvalue weighted by molar-refractivity contribution is 6.26. The van der Waals surface area contributed by atoms with Crippen LogP contribution in [0.15, 0.2) is 0 Å². The molecule has 0 aromatic heterocycles. The van der Waals surface area contributed by atoms with Crippen LogP contribution < -0.4 is 0 Å². The molecule has 0 rings (SSSR count). The summed E-state index contributed by atoms with van der Waals surface area (Å²) in [6.45, 7) is 3.86. The lowest BCUT2D eigenvalue weighted by Gasteiger charge is -2.02. The van der Waals surface area contributed by atoms with Crippen molar-refractivity contribution in [3.05, 3.63) is 0 Å². The lowest BCUT2D eigenvalue weighted by molar-refractivity contribution is -0.140. The number of esters is 1. The van der Waals surface area contributed by atoms with Gasteiger partial charge < -0.3 is 9.47 Å². The Bertz CT molecular complexity index is 117. The zero-order valence-corrected chi connectivity index (χ0v) is 8.10. The first kappa shape index (κ1) is 11.7. The van der Waals surface area contributed by atoms with Gasteiger partial charge in [-0.05, 0) is 19.8 Å². The molecular weight excluding hydrogens is 180 g/mol. The lowest BCUT2D eigenvalue weighted by Crippen LogP contribution is -2.07. The minimum absolute atomic E-state index is 0.0640. The molecule has 0 aliphatic heterocycles. The molecular formula is C8H15ClO3. The van der Waals surface area contributed by atoms with Gasteiger partial charge >= 0.3 is 5.97 Å². The van der Waals surface area contributed by atoms with Crippen LogP contribution in [-0.4, -0.2) is 31.7 Å². The van der Waals surface area contributed by atoms with Gasteiger partial charge in [0, 0.05) is 13.2 Å². The van der Waals surface area contributed by atoms with Crippen molar-refractivity contribution in [1.82, 2.24) is 0 Å². The Morgan fingerprint density at radius 2 is 2.00 bits per heavy atom. The molecule has 0 saturated carbocycles. The maximum absolute atomic E-state index is 10.5. The molecule has 0 unspecified atom stereocenters. The Morgan fingerprint density at radius 3 is 2.58 bits per heavy atom. The van der Waals surface area contributed by atoms with E-state index in [0.29, 0.717) is 6.61 Å². The Kier molecular flexibility index (Phi) is 8.61. The molecule has 0 bridgehead atoms. The molecule has 0 spiro atoms. The summed E-state index contributed by atoms with van der Waals surface area (Å²) in [5.41, 5.74) is 0. The molecule has 0 radical (unpaired) electrons. The number of carbonyl (C=O) groups is 1. The van der Waals surface area contributed by atoms with E-state index in [2.05, 4.69) is 0 Å². The molecule has 0 fully saturated rings. The van der Waals surface area contributed by atoms with Crippen LogP contribution in [0.25, 0.3) is 0 Å². The first-order valence-corrected chi connectivity index (χ1v) is 4.64. The van der Waals surface area contributed by atoms with E-state index in [-0.39, 0.29) is 11.8 Å². The van der Waals surface area contributed by atoms with Crippen molar-refractivity contribution in [3.8, 4) is 0 Å². The maximum atomic E-state index is 10.5. The number of rotatable bonds is 7. The Balaban J connectivity index is 2.95. The zero-order valence-electron chi connectivity index (χ0n) is 7.35. The third-order valence-corrected chi connectivity index (χ3v) is 1.48. The third kappa shape index (κ3) is 7.82. The molecule has 12 heavy (non-hydrogen) atoms. The maximum Gasteiger partial charge on any atom is 0.320 e. The Labute approximate surface area is 78.0 Å². The van der Waals surface area contributed by atoms with Crippen LogP contribution in [0.4, 0.5) is 0 Å². The molecule has 4 heteroatoms. The number of hydrogen-bond acceptors (Lipinski definition) is 3. The Morgan fingerprint density at radius 1 is 1.33 bits per heavy atom. The number of halogens is 1.